The maximum Gasteiger partial charge on any atom is 0.0602 e. The quantitative estimate of drug-likeness (QED) is 0.357. The molecule has 178 valence electrons. The van der Waals surface area contributed by atoms with E-state index < -0.39 is 0 Å². The molecule has 3 aromatic carbocycles. The summed E-state index contributed by atoms with van der Waals surface area (Å²) in [5.41, 5.74) is 5.66. The Morgan fingerprint density at radius 1 is 0.727 bits per heavy atom. The second kappa shape index (κ2) is 12.2. The van der Waals surface area contributed by atoms with Crippen LogP contribution in [0.3, 0.4) is 0 Å². The molecule has 0 N–H and O–H groups in total. The molecular formula is C28H35Cl3N2. The number of hydrogen-bond donors (Lipinski definition) is 0. The summed E-state index contributed by atoms with van der Waals surface area (Å²) in [6, 6.07) is 28.6. The summed E-state index contributed by atoms with van der Waals surface area (Å²) in [6.45, 7) is 12.1. The van der Waals surface area contributed by atoms with Crippen LogP contribution in [0.2, 0.25) is 5.02 Å². The number of halogens is 3. The fraction of sp³-hybridized carbons (Fsp3) is 0.357. The topological polar surface area (TPSA) is 6.48 Å². The Morgan fingerprint density at radius 3 is 1.82 bits per heavy atom. The van der Waals surface area contributed by atoms with Crippen LogP contribution in [0.25, 0.3) is 0 Å². The lowest BCUT2D eigenvalue weighted by molar-refractivity contribution is 0.105. The van der Waals surface area contributed by atoms with Gasteiger partial charge in [0.15, 0.2) is 0 Å². The molecule has 1 saturated heterocycles. The van der Waals surface area contributed by atoms with Crippen LogP contribution in [0.4, 0.5) is 0 Å². The molecule has 1 aliphatic rings. The van der Waals surface area contributed by atoms with Gasteiger partial charge in [0.05, 0.1) is 6.04 Å². The Labute approximate surface area is 216 Å². The lowest BCUT2D eigenvalue weighted by Gasteiger charge is -2.40. The Morgan fingerprint density at radius 2 is 1.27 bits per heavy atom. The molecule has 0 aromatic heterocycles. The van der Waals surface area contributed by atoms with Crippen LogP contribution >= 0.6 is 36.4 Å². The zero-order valence-electron chi connectivity index (χ0n) is 19.7. The van der Waals surface area contributed by atoms with Crippen molar-refractivity contribution in [3.63, 3.8) is 0 Å². The molecule has 2 nitrogen and oxygen atoms in total. The van der Waals surface area contributed by atoms with Crippen molar-refractivity contribution in [2.75, 3.05) is 26.2 Å². The van der Waals surface area contributed by atoms with Crippen molar-refractivity contribution < 1.29 is 0 Å². The summed E-state index contributed by atoms with van der Waals surface area (Å²) in [6.07, 6.45) is 0. The molecule has 1 atom stereocenters. The molecule has 3 aromatic rings. The van der Waals surface area contributed by atoms with Gasteiger partial charge in [0.1, 0.15) is 0 Å². The SMILES string of the molecule is CC(C)(C)c1ccc(CN2CCN([C@H](c3ccccc3)c3ccc(Cl)cc3)CC2)cc1.Cl.Cl. The van der Waals surface area contributed by atoms with Gasteiger partial charge in [-0.05, 0) is 39.8 Å². The smallest absolute Gasteiger partial charge is 0.0602 e. The molecule has 0 unspecified atom stereocenters. The minimum absolute atomic E-state index is 0. The van der Waals surface area contributed by atoms with E-state index in [9.17, 15) is 0 Å². The van der Waals surface area contributed by atoms with Gasteiger partial charge in [-0.25, -0.2) is 0 Å². The number of benzene rings is 3. The number of hydrogen-bond acceptors (Lipinski definition) is 2. The largest absolute Gasteiger partial charge is 0.297 e. The highest BCUT2D eigenvalue weighted by molar-refractivity contribution is 6.30. The summed E-state index contributed by atoms with van der Waals surface area (Å²) < 4.78 is 0. The van der Waals surface area contributed by atoms with Crippen molar-refractivity contribution in [1.29, 1.82) is 0 Å². The van der Waals surface area contributed by atoms with Crippen LogP contribution in [0.1, 0.15) is 49.1 Å². The first-order valence-corrected chi connectivity index (χ1v) is 11.6. The fourth-order valence-electron chi connectivity index (χ4n) is 4.44. The molecule has 33 heavy (non-hydrogen) atoms. The normalized spacial score (nSPS) is 15.9. The minimum atomic E-state index is 0. The zero-order valence-corrected chi connectivity index (χ0v) is 22.1. The second-order valence-corrected chi connectivity index (χ2v) is 10.1. The summed E-state index contributed by atoms with van der Waals surface area (Å²) in [5, 5.41) is 0.790. The van der Waals surface area contributed by atoms with E-state index >= 15 is 0 Å². The summed E-state index contributed by atoms with van der Waals surface area (Å²) in [5.74, 6) is 0. The zero-order chi connectivity index (χ0) is 21.8. The molecular weight excluding hydrogens is 471 g/mol. The van der Waals surface area contributed by atoms with Gasteiger partial charge in [0.25, 0.3) is 0 Å². The predicted molar refractivity (Wildman–Crippen MR) is 146 cm³/mol. The molecule has 0 radical (unpaired) electrons. The van der Waals surface area contributed by atoms with Gasteiger partial charge in [-0.1, -0.05) is 99.1 Å². The third-order valence-corrected chi connectivity index (χ3v) is 6.55. The highest BCUT2D eigenvalue weighted by Crippen LogP contribution is 2.30. The van der Waals surface area contributed by atoms with E-state index in [2.05, 4.69) is 97.3 Å². The van der Waals surface area contributed by atoms with Crippen LogP contribution in [0.15, 0.2) is 78.9 Å². The van der Waals surface area contributed by atoms with Crippen molar-refractivity contribution >= 4 is 36.4 Å². The van der Waals surface area contributed by atoms with Gasteiger partial charge in [0.2, 0.25) is 0 Å². The van der Waals surface area contributed by atoms with Gasteiger partial charge in [-0.15, -0.1) is 24.8 Å². The Balaban J connectivity index is 0.00000193. The molecule has 0 amide bonds. The van der Waals surface area contributed by atoms with Crippen molar-refractivity contribution in [3.05, 3.63) is 106 Å². The Hall–Kier alpha value is -1.55. The highest BCUT2D eigenvalue weighted by atomic mass is 35.5. The molecule has 0 saturated carbocycles. The molecule has 4 rings (SSSR count). The van der Waals surface area contributed by atoms with Crippen LogP contribution in [0, 0.1) is 0 Å². The van der Waals surface area contributed by atoms with Crippen LogP contribution in [0.5, 0.6) is 0 Å². The van der Waals surface area contributed by atoms with Crippen LogP contribution in [-0.4, -0.2) is 36.0 Å². The van der Waals surface area contributed by atoms with Crippen molar-refractivity contribution in [2.24, 2.45) is 0 Å². The average Bonchev–Trinajstić information content (AvgIpc) is 2.77. The molecule has 1 fully saturated rings. The van der Waals surface area contributed by atoms with E-state index in [1.807, 2.05) is 12.1 Å². The number of rotatable bonds is 5. The minimum Gasteiger partial charge on any atom is -0.297 e. The molecule has 0 aliphatic carbocycles. The average molecular weight is 506 g/mol. The third-order valence-electron chi connectivity index (χ3n) is 6.30. The maximum absolute atomic E-state index is 6.16. The van der Waals surface area contributed by atoms with E-state index in [-0.39, 0.29) is 36.3 Å². The Bertz CT molecular complexity index is 959. The molecule has 5 heteroatoms. The van der Waals surface area contributed by atoms with Gasteiger partial charge < -0.3 is 0 Å². The van der Waals surface area contributed by atoms with Crippen molar-refractivity contribution in [1.82, 2.24) is 9.80 Å². The van der Waals surface area contributed by atoms with E-state index in [0.29, 0.717) is 0 Å². The second-order valence-electron chi connectivity index (χ2n) is 9.62. The van der Waals surface area contributed by atoms with Gasteiger partial charge in [-0.2, -0.15) is 0 Å². The number of piperazine rings is 1. The lowest BCUT2D eigenvalue weighted by atomic mass is 9.87. The van der Waals surface area contributed by atoms with Gasteiger partial charge in [-0.3, -0.25) is 9.80 Å². The fourth-order valence-corrected chi connectivity index (χ4v) is 4.57. The Kier molecular flexibility index (Phi) is 10.3. The third kappa shape index (κ3) is 7.21. The molecule has 1 heterocycles. The maximum atomic E-state index is 6.16. The predicted octanol–water partition coefficient (Wildman–Crippen LogP) is 7.39. The van der Waals surface area contributed by atoms with E-state index in [0.717, 1.165) is 37.7 Å². The van der Waals surface area contributed by atoms with E-state index in [4.69, 9.17) is 11.6 Å². The summed E-state index contributed by atoms with van der Waals surface area (Å²) in [4.78, 5) is 5.18. The summed E-state index contributed by atoms with van der Waals surface area (Å²) in [7, 11) is 0. The van der Waals surface area contributed by atoms with Gasteiger partial charge >= 0.3 is 0 Å². The van der Waals surface area contributed by atoms with Gasteiger partial charge in [0, 0.05) is 37.7 Å². The van der Waals surface area contributed by atoms with Crippen molar-refractivity contribution in [3.8, 4) is 0 Å². The first-order valence-electron chi connectivity index (χ1n) is 11.3. The molecule has 0 bridgehead atoms. The van der Waals surface area contributed by atoms with E-state index in [1.54, 1.807) is 0 Å². The van der Waals surface area contributed by atoms with Crippen molar-refractivity contribution in [2.45, 2.75) is 38.8 Å². The first-order chi connectivity index (χ1) is 14.9. The summed E-state index contributed by atoms with van der Waals surface area (Å²) >= 11 is 6.16. The monoisotopic (exact) mass is 504 g/mol. The molecule has 0 spiro atoms. The molecule has 1 aliphatic heterocycles. The highest BCUT2D eigenvalue weighted by Gasteiger charge is 2.26. The first kappa shape index (κ1) is 27.7. The number of nitrogens with zero attached hydrogens (tertiary/aromatic N) is 2. The standard InChI is InChI=1S/C28H33ClN2.2ClH/c1-28(2,3)25-13-9-22(10-14-25)21-30-17-19-31(20-18-30)27(23-7-5-4-6-8-23)24-11-15-26(29)16-12-24;;/h4-16,27H,17-21H2,1-3H3;2*1H/t27-;;/m1../s1. The van der Waals surface area contributed by atoms with Crippen LogP contribution < -0.4 is 0 Å². The van der Waals surface area contributed by atoms with E-state index in [1.165, 1.54) is 22.3 Å². The van der Waals surface area contributed by atoms with Crippen LogP contribution in [-0.2, 0) is 12.0 Å². The lowest BCUT2D eigenvalue weighted by Crippen LogP contribution is -2.47.